The number of rotatable bonds is 4. The summed E-state index contributed by atoms with van der Waals surface area (Å²) < 4.78 is 11.3. The van der Waals surface area contributed by atoms with Gasteiger partial charge in [0.2, 0.25) is 0 Å². The maximum atomic E-state index is 5.94. The third-order valence-corrected chi connectivity index (χ3v) is 2.99. The topological polar surface area (TPSA) is 30.5 Å². The molecule has 0 bridgehead atoms. The molecular weight excluding hydrogens is 214 g/mol. The minimum Gasteiger partial charge on any atom is -0.375 e. The molecule has 1 N–H and O–H groups in total. The van der Waals surface area contributed by atoms with E-state index in [1.165, 1.54) is 6.42 Å². The van der Waals surface area contributed by atoms with Crippen molar-refractivity contribution in [3.05, 3.63) is 12.7 Å². The van der Waals surface area contributed by atoms with Crippen LogP contribution in [-0.4, -0.2) is 38.0 Å². The summed E-state index contributed by atoms with van der Waals surface area (Å²) >= 11 is 0. The van der Waals surface area contributed by atoms with E-state index < -0.39 is 0 Å². The second-order valence-electron chi connectivity index (χ2n) is 4.05. The molecule has 0 aromatic heterocycles. The van der Waals surface area contributed by atoms with Crippen molar-refractivity contribution < 1.29 is 9.47 Å². The van der Waals surface area contributed by atoms with Crippen molar-refractivity contribution in [2.24, 2.45) is 0 Å². The number of fused-ring (bicyclic) bond motifs is 1. The summed E-state index contributed by atoms with van der Waals surface area (Å²) in [6.45, 7) is 6.08. The van der Waals surface area contributed by atoms with Crippen LogP contribution in [0.2, 0.25) is 0 Å². The summed E-state index contributed by atoms with van der Waals surface area (Å²) in [7, 11) is 0. The Balaban J connectivity index is 0.00000112. The van der Waals surface area contributed by atoms with Crippen molar-refractivity contribution in [3.63, 3.8) is 0 Å². The first-order chi connectivity index (χ1) is 6.90. The van der Waals surface area contributed by atoms with Gasteiger partial charge in [-0.3, -0.25) is 0 Å². The number of hydrogen-bond acceptors (Lipinski definition) is 3. The summed E-state index contributed by atoms with van der Waals surface area (Å²) in [5, 5.41) is 3.46. The van der Waals surface area contributed by atoms with Gasteiger partial charge >= 0.3 is 0 Å². The zero-order valence-corrected chi connectivity index (χ0v) is 9.80. The predicted octanol–water partition coefficient (Wildman–Crippen LogP) is 1.52. The molecule has 0 aliphatic carbocycles. The Morgan fingerprint density at radius 2 is 2.27 bits per heavy atom. The van der Waals surface area contributed by atoms with E-state index in [1.54, 1.807) is 6.08 Å². The Bertz CT molecular complexity index is 201. The van der Waals surface area contributed by atoms with E-state index in [0.29, 0.717) is 24.9 Å². The molecule has 15 heavy (non-hydrogen) atoms. The molecule has 4 heteroatoms. The smallest absolute Gasteiger partial charge is 0.0813 e. The van der Waals surface area contributed by atoms with Crippen LogP contribution in [0.1, 0.15) is 19.3 Å². The van der Waals surface area contributed by atoms with Gasteiger partial charge in [0.05, 0.1) is 25.4 Å². The highest BCUT2D eigenvalue weighted by atomic mass is 35.5. The highest BCUT2D eigenvalue weighted by molar-refractivity contribution is 5.85. The van der Waals surface area contributed by atoms with Crippen molar-refractivity contribution in [3.8, 4) is 0 Å². The van der Waals surface area contributed by atoms with Crippen molar-refractivity contribution in [2.75, 3.05) is 19.8 Å². The molecule has 3 atom stereocenters. The first-order valence-electron chi connectivity index (χ1n) is 5.47. The second-order valence-corrected chi connectivity index (χ2v) is 4.05. The van der Waals surface area contributed by atoms with Crippen LogP contribution < -0.4 is 5.32 Å². The third kappa shape index (κ3) is 3.45. The van der Waals surface area contributed by atoms with Gasteiger partial charge in [-0.1, -0.05) is 6.08 Å². The Morgan fingerprint density at radius 1 is 1.40 bits per heavy atom. The molecule has 2 fully saturated rings. The molecule has 0 spiro atoms. The predicted molar refractivity (Wildman–Crippen MR) is 62.6 cm³/mol. The molecule has 2 heterocycles. The molecule has 3 nitrogen and oxygen atoms in total. The average molecular weight is 234 g/mol. The van der Waals surface area contributed by atoms with Crippen molar-refractivity contribution in [1.29, 1.82) is 0 Å². The summed E-state index contributed by atoms with van der Waals surface area (Å²) in [5.74, 6) is 0. The van der Waals surface area contributed by atoms with Gasteiger partial charge < -0.3 is 14.8 Å². The third-order valence-electron chi connectivity index (χ3n) is 2.99. The van der Waals surface area contributed by atoms with Crippen molar-refractivity contribution in [2.45, 2.75) is 37.5 Å². The van der Waals surface area contributed by atoms with Crippen LogP contribution in [0, 0.1) is 0 Å². The van der Waals surface area contributed by atoms with E-state index in [9.17, 15) is 0 Å². The van der Waals surface area contributed by atoms with Crippen molar-refractivity contribution in [1.82, 2.24) is 5.32 Å². The fraction of sp³-hybridized carbons (Fsp3) is 0.818. The lowest BCUT2D eigenvalue weighted by Gasteiger charge is -2.32. The molecule has 0 radical (unpaired) electrons. The van der Waals surface area contributed by atoms with Gasteiger partial charge in [-0.15, -0.1) is 19.0 Å². The highest BCUT2D eigenvalue weighted by Crippen LogP contribution is 2.25. The van der Waals surface area contributed by atoms with E-state index >= 15 is 0 Å². The summed E-state index contributed by atoms with van der Waals surface area (Å²) in [6.07, 6.45) is 6.01. The molecule has 0 aromatic rings. The maximum absolute atomic E-state index is 5.94. The molecule has 2 rings (SSSR count). The molecule has 2 aliphatic heterocycles. The minimum atomic E-state index is 0. The van der Waals surface area contributed by atoms with Gasteiger partial charge in [0.1, 0.15) is 0 Å². The molecule has 0 unspecified atom stereocenters. The van der Waals surface area contributed by atoms with E-state index in [0.717, 1.165) is 26.0 Å². The van der Waals surface area contributed by atoms with Gasteiger partial charge in [0.15, 0.2) is 0 Å². The largest absolute Gasteiger partial charge is 0.375 e. The van der Waals surface area contributed by atoms with Gasteiger partial charge in [-0.2, -0.15) is 0 Å². The fourth-order valence-corrected chi connectivity index (χ4v) is 2.28. The first kappa shape index (κ1) is 13.0. The Hall–Kier alpha value is -0.0900. The number of ether oxygens (including phenoxy) is 2. The molecular formula is C11H20ClNO2. The summed E-state index contributed by atoms with van der Waals surface area (Å²) in [5.41, 5.74) is 0. The average Bonchev–Trinajstić information content (AvgIpc) is 2.65. The first-order valence-corrected chi connectivity index (χ1v) is 5.47. The summed E-state index contributed by atoms with van der Waals surface area (Å²) in [6, 6.07) is 0.602. The standard InChI is InChI=1S/C11H19NO2.ClH/c1-2-7-13-8-9-3-4-10-11(14-9)5-6-12-10;/h2,9-12H,1,3-8H2;1H/t9-,10+,11+;/m0./s1. The normalized spacial score (nSPS) is 34.3. The van der Waals surface area contributed by atoms with Gasteiger partial charge in [-0.25, -0.2) is 0 Å². The molecule has 2 saturated heterocycles. The van der Waals surface area contributed by atoms with Crippen LogP contribution in [0.5, 0.6) is 0 Å². The monoisotopic (exact) mass is 233 g/mol. The summed E-state index contributed by atoms with van der Waals surface area (Å²) in [4.78, 5) is 0. The van der Waals surface area contributed by atoms with Crippen LogP contribution in [-0.2, 0) is 9.47 Å². The number of nitrogens with one attached hydrogen (secondary N) is 1. The second kappa shape index (κ2) is 6.48. The number of hydrogen-bond donors (Lipinski definition) is 1. The fourth-order valence-electron chi connectivity index (χ4n) is 2.28. The Kier molecular flexibility index (Phi) is 5.61. The lowest BCUT2D eigenvalue weighted by atomic mass is 10.0. The highest BCUT2D eigenvalue weighted by Gasteiger charge is 2.34. The lowest BCUT2D eigenvalue weighted by Crippen LogP contribution is -2.41. The maximum Gasteiger partial charge on any atom is 0.0813 e. The van der Waals surface area contributed by atoms with E-state index in [4.69, 9.17) is 9.47 Å². The Labute approximate surface area is 97.6 Å². The zero-order chi connectivity index (χ0) is 9.80. The van der Waals surface area contributed by atoms with E-state index in [-0.39, 0.29) is 12.4 Å². The van der Waals surface area contributed by atoms with Gasteiger partial charge in [0.25, 0.3) is 0 Å². The minimum absolute atomic E-state index is 0. The lowest BCUT2D eigenvalue weighted by molar-refractivity contribution is -0.0852. The van der Waals surface area contributed by atoms with E-state index in [1.807, 2.05) is 0 Å². The molecule has 0 aromatic carbocycles. The van der Waals surface area contributed by atoms with Crippen LogP contribution >= 0.6 is 12.4 Å². The zero-order valence-electron chi connectivity index (χ0n) is 8.98. The molecule has 0 saturated carbocycles. The number of halogens is 1. The quantitative estimate of drug-likeness (QED) is 0.590. The molecule has 88 valence electrons. The van der Waals surface area contributed by atoms with Crippen LogP contribution in [0.15, 0.2) is 12.7 Å². The van der Waals surface area contributed by atoms with Gasteiger partial charge in [0, 0.05) is 6.04 Å². The Morgan fingerprint density at radius 3 is 3.07 bits per heavy atom. The van der Waals surface area contributed by atoms with Crippen molar-refractivity contribution >= 4 is 12.4 Å². The van der Waals surface area contributed by atoms with Gasteiger partial charge in [-0.05, 0) is 25.8 Å². The van der Waals surface area contributed by atoms with Crippen LogP contribution in [0.3, 0.4) is 0 Å². The molecule has 0 amide bonds. The van der Waals surface area contributed by atoms with Crippen LogP contribution in [0.4, 0.5) is 0 Å². The van der Waals surface area contributed by atoms with Crippen LogP contribution in [0.25, 0.3) is 0 Å². The van der Waals surface area contributed by atoms with E-state index in [2.05, 4.69) is 11.9 Å². The SMILES string of the molecule is C=CCOC[C@@H]1CC[C@H]2NCC[C@H]2O1.Cl. The molecule has 2 aliphatic rings.